The van der Waals surface area contributed by atoms with Gasteiger partial charge in [0, 0.05) is 33.2 Å². The van der Waals surface area contributed by atoms with Gasteiger partial charge < -0.3 is 0 Å². The molecule has 0 radical (unpaired) electrons. The second kappa shape index (κ2) is 28.5. The van der Waals surface area contributed by atoms with Crippen molar-refractivity contribution in [1.29, 1.82) is 0 Å². The third-order valence-corrected chi connectivity index (χ3v) is 18.8. The van der Waals surface area contributed by atoms with E-state index in [1.807, 2.05) is 27.7 Å². The molecule has 0 N–H and O–H groups in total. The molecule has 0 spiro atoms. The normalized spacial score (nSPS) is 20.5. The third kappa shape index (κ3) is 11.5. The Balaban J connectivity index is 0.000000236. The lowest BCUT2D eigenvalue weighted by Gasteiger charge is -2.55. The fraction of sp³-hybridized carbons (Fsp3) is 0.258. The molecule has 4 unspecified atom stereocenters. The number of hydrogen-bond donors (Lipinski definition) is 0. The molecule has 4 atom stereocenters. The molecule has 578 valence electrons. The summed E-state index contributed by atoms with van der Waals surface area (Å²) in [4.78, 5) is 0. The highest BCUT2D eigenvalue weighted by molar-refractivity contribution is 7.32. The van der Waals surface area contributed by atoms with Crippen LogP contribution in [0.15, 0.2) is 0 Å². The Kier molecular flexibility index (Phi) is 23.0. The Morgan fingerprint density at radius 2 is 0.296 bits per heavy atom. The van der Waals surface area contributed by atoms with Crippen LogP contribution in [0.2, 0.25) is 0 Å². The van der Waals surface area contributed by atoms with Gasteiger partial charge in [-0.3, -0.25) is 0 Å². The topological polar surface area (TPSA) is 0 Å². The lowest BCUT2D eigenvalue weighted by atomic mass is 9.36. The van der Waals surface area contributed by atoms with E-state index in [1.54, 1.807) is 0 Å². The van der Waals surface area contributed by atoms with Gasteiger partial charge in [-0.15, -0.1) is 23.7 Å². The lowest BCUT2D eigenvalue weighted by molar-refractivity contribution is -0.427. The molecule has 12 rings (SSSR count). The summed E-state index contributed by atoms with van der Waals surface area (Å²) in [5.74, 6) is -83.6. The molecule has 2 fully saturated rings. The summed E-state index contributed by atoms with van der Waals surface area (Å²) in [5.41, 5.74) is -41.6. The SMILES string of the molecule is CC#CC.CC#CC.CC1(F)C(C)(F)C(F)(F)C1(F)F.CC1(F)C(C)(F)C(F)(F)C1(F)F.Fc1c(F)c(F)c2c(c1F)B(Cl)c1c(F)c(F)c(F)c(F)c1B2Cl.Fc1c(F)c(F)c2c(c1F)B(c1c(F)c(F)c(B3c4c(F)c(F)c(F)c(F)c4-c4c(F)c(F)c(F)c(F)c43)c(F)c1F)c1c(F)c(F)c(F)c(F)c1-2. The highest BCUT2D eigenvalue weighted by atomic mass is 35.5. The molecule has 0 aromatic heterocycles. The van der Waals surface area contributed by atoms with Gasteiger partial charge in [0.1, 0.15) is 0 Å². The van der Waals surface area contributed by atoms with Gasteiger partial charge in [-0.25, -0.2) is 140 Å². The highest BCUT2D eigenvalue weighted by Crippen LogP contribution is 2.68. The van der Waals surface area contributed by atoms with Crippen LogP contribution in [0.25, 0.3) is 22.3 Å². The van der Waals surface area contributed by atoms with Crippen LogP contribution in [0.3, 0.4) is 0 Å². The highest BCUT2D eigenvalue weighted by Gasteiger charge is 2.95. The summed E-state index contributed by atoms with van der Waals surface area (Å²) in [6.45, 7) is 0.715. The Morgan fingerprint density at radius 3 is 0.417 bits per heavy atom. The number of hydrogen-bond acceptors (Lipinski definition) is 0. The van der Waals surface area contributed by atoms with Crippen molar-refractivity contribution >= 4 is 103 Å². The molecule has 2 saturated carbocycles. The van der Waals surface area contributed by atoms with Crippen LogP contribution >= 0.6 is 22.9 Å². The van der Waals surface area contributed by atoms with E-state index < -0.39 is 312 Å². The standard InChI is InChI=1S/C30B2F20.C12B2Cl2F8.2C6H6F6.2C4H6/c33-11-1-2-6(16(38)28(50)24(46)12(2)34)31(5(1)15(37)27(49)23(11)45)9-19(41)21(43)10(22(44)20(9)42)32-7-3(13(35)25(47)29(51)17(7)39)4-8(32)18(40)30(52)26(48)14(4)36;15-13-1-2(6(18)10(22)9(21)5(1)17)14(16)4-3(13)7(19)11(23)12(24)8(4)20;2*1-3(7)4(2,8)6(11,12)5(3,9)10;2*1-3-4-2/h;;2*1-2H3;2*1-2H3. The maximum Gasteiger partial charge on any atom is 0.349 e. The molecule has 7 aromatic rings. The minimum absolute atomic E-state index is 0.129. The minimum atomic E-state index is -4.93. The fourth-order valence-corrected chi connectivity index (χ4v) is 12.4. The van der Waals surface area contributed by atoms with Crippen molar-refractivity contribution in [2.24, 2.45) is 0 Å². The first-order chi connectivity index (χ1) is 49.1. The van der Waals surface area contributed by atoms with E-state index in [9.17, 15) is 140 Å². The maximum absolute atomic E-state index is 16.1. The molecular formula is C62H24B4Cl2F40. The number of benzene rings is 7. The second-order valence-electron chi connectivity index (χ2n) is 23.3. The van der Waals surface area contributed by atoms with E-state index in [-0.39, 0.29) is 27.7 Å². The molecule has 5 aliphatic rings. The second-order valence-corrected chi connectivity index (χ2v) is 24.2. The Morgan fingerprint density at radius 1 is 0.185 bits per heavy atom. The molecule has 2 aliphatic carbocycles. The Labute approximate surface area is 587 Å². The van der Waals surface area contributed by atoms with Gasteiger partial charge in [0.05, 0.1) is 0 Å². The zero-order valence-electron chi connectivity index (χ0n) is 53.2. The molecule has 0 saturated heterocycles. The van der Waals surface area contributed by atoms with E-state index in [0.29, 0.717) is 0 Å². The zero-order chi connectivity index (χ0) is 83.4. The number of halogens is 42. The van der Waals surface area contributed by atoms with E-state index in [1.165, 1.54) is 0 Å². The van der Waals surface area contributed by atoms with Crippen LogP contribution in [0, 0.1) is 187 Å². The summed E-state index contributed by atoms with van der Waals surface area (Å²) in [6.07, 6.45) is -4.33. The molecule has 108 heavy (non-hydrogen) atoms. The van der Waals surface area contributed by atoms with Crippen LogP contribution in [-0.2, 0) is 0 Å². The van der Waals surface area contributed by atoms with Crippen molar-refractivity contribution in [3.63, 3.8) is 0 Å². The van der Waals surface area contributed by atoms with Gasteiger partial charge in [-0.2, -0.15) is 58.0 Å². The molecule has 46 heteroatoms. The van der Waals surface area contributed by atoms with Crippen molar-refractivity contribution in [2.75, 3.05) is 0 Å². The molecule has 3 aliphatic heterocycles. The number of rotatable bonds is 2. The first kappa shape index (κ1) is 86.9. The Bertz CT molecular complexity index is 4440. The van der Waals surface area contributed by atoms with Crippen molar-refractivity contribution in [1.82, 2.24) is 0 Å². The predicted molar refractivity (Wildman–Crippen MR) is 309 cm³/mol. The van der Waals surface area contributed by atoms with Crippen molar-refractivity contribution in [2.45, 2.75) is 102 Å². The Hall–Kier alpha value is -8.30. The third-order valence-electron chi connectivity index (χ3n) is 17.9. The van der Waals surface area contributed by atoms with Gasteiger partial charge in [-0.1, -0.05) is 0 Å². The largest absolute Gasteiger partial charge is 0.349 e. The first-order valence-electron chi connectivity index (χ1n) is 28.4. The fourth-order valence-electron chi connectivity index (χ4n) is 11.5. The van der Waals surface area contributed by atoms with Crippen LogP contribution < -0.4 is 54.6 Å². The summed E-state index contributed by atoms with van der Waals surface area (Å²) in [6, 6.07) is 0. The van der Waals surface area contributed by atoms with Crippen molar-refractivity contribution in [3.8, 4) is 45.9 Å². The molecule has 0 bridgehead atoms. The van der Waals surface area contributed by atoms with E-state index in [4.69, 9.17) is 22.9 Å². The van der Waals surface area contributed by atoms with Gasteiger partial charge in [0.15, 0.2) is 163 Å². The van der Waals surface area contributed by atoms with Crippen LogP contribution in [0.1, 0.15) is 55.4 Å². The summed E-state index contributed by atoms with van der Waals surface area (Å²) in [7, 11) is 0. The average Bonchev–Trinajstić information content (AvgIpc) is 1.03. The van der Waals surface area contributed by atoms with E-state index >= 15 is 35.1 Å². The summed E-state index contributed by atoms with van der Waals surface area (Å²) in [5, 5.41) is 0. The lowest BCUT2D eigenvalue weighted by Crippen LogP contribution is -2.83. The van der Waals surface area contributed by atoms with E-state index in [0.717, 1.165) is 0 Å². The van der Waals surface area contributed by atoms with Crippen molar-refractivity contribution < 1.29 is 176 Å². The number of alkyl halides is 12. The first-order valence-corrected chi connectivity index (χ1v) is 29.3. The van der Waals surface area contributed by atoms with Crippen LogP contribution in [-0.4, -0.2) is 72.0 Å². The molecular weight excluding hydrogens is 1620 g/mol. The van der Waals surface area contributed by atoms with Gasteiger partial charge in [0.25, 0.3) is 13.4 Å². The van der Waals surface area contributed by atoms with Gasteiger partial charge in [-0.05, 0) is 99.1 Å². The van der Waals surface area contributed by atoms with Gasteiger partial charge >= 0.3 is 35.9 Å². The minimum Gasteiger partial charge on any atom is -0.233 e. The molecule has 3 heterocycles. The van der Waals surface area contributed by atoms with Crippen molar-refractivity contribution in [3.05, 3.63) is 163 Å². The van der Waals surface area contributed by atoms with Crippen LogP contribution in [0.5, 0.6) is 0 Å². The number of fused-ring (bicyclic) bond motifs is 8. The quantitative estimate of drug-likeness (QED) is 0.0532. The maximum atomic E-state index is 16.1. The summed E-state index contributed by atoms with van der Waals surface area (Å²) >= 11 is 11.4. The van der Waals surface area contributed by atoms with Gasteiger partial charge in [0.2, 0.25) is 22.7 Å². The molecule has 0 nitrogen and oxygen atoms in total. The average molecular weight is 1640 g/mol. The van der Waals surface area contributed by atoms with Crippen LogP contribution in [0.4, 0.5) is 176 Å². The zero-order valence-corrected chi connectivity index (χ0v) is 54.7. The monoisotopic (exact) mass is 1640 g/mol. The predicted octanol–water partition coefficient (Wildman–Crippen LogP) is 14.8. The smallest absolute Gasteiger partial charge is 0.233 e. The summed E-state index contributed by atoms with van der Waals surface area (Å²) < 4.78 is 557. The van der Waals surface area contributed by atoms with E-state index in [2.05, 4.69) is 23.7 Å². The molecule has 0 amide bonds. The molecule has 7 aromatic carbocycles.